The van der Waals surface area contributed by atoms with Crippen LogP contribution in [0.25, 0.3) is 0 Å². The number of hydrogen-bond acceptors (Lipinski definition) is 9. The first-order chi connectivity index (χ1) is 14.1. The first-order valence-electron chi connectivity index (χ1n) is 9.90. The van der Waals surface area contributed by atoms with E-state index in [1.165, 1.54) is 19.4 Å². The third kappa shape index (κ3) is 4.51. The monoisotopic (exact) mass is 401 g/mol. The van der Waals surface area contributed by atoms with Gasteiger partial charge in [0.15, 0.2) is 0 Å². The molecule has 0 N–H and O–H groups in total. The molecule has 0 saturated carbocycles. The van der Waals surface area contributed by atoms with E-state index < -0.39 is 0 Å². The van der Waals surface area contributed by atoms with E-state index in [9.17, 15) is 4.79 Å². The molecule has 0 aliphatic carbocycles. The molecule has 0 spiro atoms. The Bertz CT molecular complexity index is 883. The lowest BCUT2D eigenvalue weighted by molar-refractivity contribution is 0.122. The van der Waals surface area contributed by atoms with Gasteiger partial charge in [-0.3, -0.25) is 9.69 Å². The lowest BCUT2D eigenvalue weighted by Crippen LogP contribution is -2.38. The molecular formula is C20H27N5O4. The number of ether oxygens (including phenoxy) is 2. The fraction of sp³-hybridized carbons (Fsp3) is 0.550. The van der Waals surface area contributed by atoms with Crippen LogP contribution in [0, 0.1) is 0 Å². The third-order valence-corrected chi connectivity index (χ3v) is 5.53. The average molecular weight is 401 g/mol. The molecule has 2 aromatic heterocycles. The van der Waals surface area contributed by atoms with Crippen LogP contribution < -0.4 is 20.0 Å². The molecule has 9 nitrogen and oxygen atoms in total. The fourth-order valence-electron chi connectivity index (χ4n) is 3.80. The molecule has 0 amide bonds. The van der Waals surface area contributed by atoms with Crippen LogP contribution in [0.1, 0.15) is 12.2 Å². The summed E-state index contributed by atoms with van der Waals surface area (Å²) in [4.78, 5) is 27.8. The number of aromatic nitrogens is 2. The summed E-state index contributed by atoms with van der Waals surface area (Å²) in [5.74, 6) is 2.56. The molecule has 1 atom stereocenters. The molecule has 2 aliphatic heterocycles. The maximum absolute atomic E-state index is 11.9. The van der Waals surface area contributed by atoms with Gasteiger partial charge in [-0.1, -0.05) is 0 Å². The lowest BCUT2D eigenvalue weighted by Gasteiger charge is -2.29. The number of likely N-dealkylation sites (tertiary alicyclic amines) is 1. The van der Waals surface area contributed by atoms with Gasteiger partial charge in [-0.25, -0.2) is 4.98 Å². The number of rotatable bonds is 6. The highest BCUT2D eigenvalue weighted by atomic mass is 16.5. The van der Waals surface area contributed by atoms with Crippen LogP contribution in [0.5, 0.6) is 5.75 Å². The van der Waals surface area contributed by atoms with E-state index >= 15 is 0 Å². The van der Waals surface area contributed by atoms with Crippen LogP contribution in [0.4, 0.5) is 11.8 Å². The van der Waals surface area contributed by atoms with Crippen molar-refractivity contribution < 1.29 is 13.9 Å². The molecule has 4 rings (SSSR count). The first-order valence-corrected chi connectivity index (χ1v) is 9.90. The fourth-order valence-corrected chi connectivity index (χ4v) is 3.80. The summed E-state index contributed by atoms with van der Waals surface area (Å²) in [7, 11) is 3.54. The van der Waals surface area contributed by atoms with E-state index in [4.69, 9.17) is 18.9 Å². The van der Waals surface area contributed by atoms with Crippen LogP contribution in [0.3, 0.4) is 0 Å². The van der Waals surface area contributed by atoms with Gasteiger partial charge in [0.2, 0.25) is 17.1 Å². The summed E-state index contributed by atoms with van der Waals surface area (Å²) in [6, 6.07) is 3.80. The van der Waals surface area contributed by atoms with Crippen molar-refractivity contribution in [2.75, 3.05) is 63.4 Å². The molecule has 2 aromatic rings. The molecule has 29 heavy (non-hydrogen) atoms. The van der Waals surface area contributed by atoms with Crippen molar-refractivity contribution in [3.63, 3.8) is 0 Å². The zero-order valence-electron chi connectivity index (χ0n) is 16.9. The van der Waals surface area contributed by atoms with Gasteiger partial charge in [0.1, 0.15) is 17.8 Å². The second-order valence-electron chi connectivity index (χ2n) is 7.38. The Labute approximate surface area is 169 Å². The zero-order valence-corrected chi connectivity index (χ0v) is 16.9. The molecule has 2 fully saturated rings. The van der Waals surface area contributed by atoms with Crippen molar-refractivity contribution in [3.05, 3.63) is 40.6 Å². The number of morpholine rings is 1. The molecule has 0 aromatic carbocycles. The van der Waals surface area contributed by atoms with Gasteiger partial charge in [0, 0.05) is 51.5 Å². The Balaban J connectivity index is 1.38. The van der Waals surface area contributed by atoms with Gasteiger partial charge in [-0.05, 0) is 12.5 Å². The highest BCUT2D eigenvalue weighted by Gasteiger charge is 2.27. The van der Waals surface area contributed by atoms with E-state index in [1.54, 1.807) is 0 Å². The largest absolute Gasteiger partial charge is 0.490 e. The molecular weight excluding hydrogens is 374 g/mol. The van der Waals surface area contributed by atoms with E-state index in [-0.39, 0.29) is 11.2 Å². The first kappa shape index (κ1) is 19.7. The van der Waals surface area contributed by atoms with E-state index in [0.717, 1.165) is 44.4 Å². The van der Waals surface area contributed by atoms with E-state index in [1.807, 2.05) is 12.3 Å². The van der Waals surface area contributed by atoms with Crippen LogP contribution >= 0.6 is 0 Å². The summed E-state index contributed by atoms with van der Waals surface area (Å²) in [5.41, 5.74) is -0.154. The van der Waals surface area contributed by atoms with Crippen LogP contribution in [0.15, 0.2) is 33.8 Å². The second kappa shape index (κ2) is 8.79. The predicted molar refractivity (Wildman–Crippen MR) is 109 cm³/mol. The Morgan fingerprint density at radius 3 is 2.90 bits per heavy atom. The smallest absolute Gasteiger partial charge is 0.227 e. The third-order valence-electron chi connectivity index (χ3n) is 5.53. The topological polar surface area (TPSA) is 84.2 Å². The summed E-state index contributed by atoms with van der Waals surface area (Å²) in [5, 5.41) is 0. The maximum atomic E-state index is 11.9. The number of likely N-dealkylation sites (N-methyl/N-ethyl adjacent to an activating group) is 1. The molecule has 0 radical (unpaired) electrons. The summed E-state index contributed by atoms with van der Waals surface area (Å²) in [6.07, 6.45) is 4.22. The van der Waals surface area contributed by atoms with Crippen molar-refractivity contribution in [2.24, 2.45) is 0 Å². The highest BCUT2D eigenvalue weighted by molar-refractivity contribution is 5.44. The van der Waals surface area contributed by atoms with Crippen molar-refractivity contribution in [2.45, 2.75) is 19.0 Å². The Morgan fingerprint density at radius 1 is 1.31 bits per heavy atom. The lowest BCUT2D eigenvalue weighted by atomic mass is 10.2. The normalized spacial score (nSPS) is 20.1. The Kier molecular flexibility index (Phi) is 5.96. The summed E-state index contributed by atoms with van der Waals surface area (Å²) in [6.45, 7) is 5.47. The molecule has 0 bridgehead atoms. The quantitative estimate of drug-likeness (QED) is 0.703. The minimum absolute atomic E-state index is 0.154. The van der Waals surface area contributed by atoms with Crippen molar-refractivity contribution in [3.8, 4) is 5.75 Å². The highest BCUT2D eigenvalue weighted by Crippen LogP contribution is 2.23. The van der Waals surface area contributed by atoms with Crippen molar-refractivity contribution in [1.82, 2.24) is 14.9 Å². The van der Waals surface area contributed by atoms with Gasteiger partial charge < -0.3 is 23.7 Å². The number of hydrogen-bond donors (Lipinski definition) is 0. The van der Waals surface area contributed by atoms with Crippen molar-refractivity contribution in [1.29, 1.82) is 0 Å². The summed E-state index contributed by atoms with van der Waals surface area (Å²) < 4.78 is 15.9. The van der Waals surface area contributed by atoms with Gasteiger partial charge in [0.25, 0.3) is 0 Å². The van der Waals surface area contributed by atoms with E-state index in [2.05, 4.69) is 26.7 Å². The van der Waals surface area contributed by atoms with Gasteiger partial charge in [-0.15, -0.1) is 0 Å². The van der Waals surface area contributed by atoms with E-state index in [0.29, 0.717) is 31.6 Å². The Hall–Kier alpha value is -2.65. The maximum Gasteiger partial charge on any atom is 0.227 e. The average Bonchev–Trinajstić information content (AvgIpc) is 3.22. The van der Waals surface area contributed by atoms with Gasteiger partial charge in [0.05, 0.1) is 26.9 Å². The molecule has 9 heteroatoms. The van der Waals surface area contributed by atoms with Crippen LogP contribution in [-0.4, -0.2) is 74.5 Å². The number of methoxy groups -OCH3 is 1. The zero-order chi connectivity index (χ0) is 20.2. The molecule has 156 valence electrons. The predicted octanol–water partition coefficient (Wildman–Crippen LogP) is 0.986. The van der Waals surface area contributed by atoms with Gasteiger partial charge >= 0.3 is 0 Å². The summed E-state index contributed by atoms with van der Waals surface area (Å²) >= 11 is 0. The van der Waals surface area contributed by atoms with Crippen LogP contribution in [0.2, 0.25) is 0 Å². The van der Waals surface area contributed by atoms with Crippen molar-refractivity contribution >= 4 is 11.8 Å². The standard InChI is InChI=1S/C20H27N5O4/c1-23(19-3-5-21-20(22-19)25-7-9-28-10-8-25)15-4-6-24(12-15)13-16-11-17(26)18(27-2)14-29-16/h3,5,11,14-15H,4,6-10,12-13H2,1-2H3. The molecule has 2 aliphatic rings. The minimum Gasteiger partial charge on any atom is -0.490 e. The molecule has 1 unspecified atom stereocenters. The number of anilines is 2. The molecule has 2 saturated heterocycles. The van der Waals surface area contributed by atoms with Gasteiger partial charge in [-0.2, -0.15) is 4.98 Å². The molecule has 4 heterocycles. The minimum atomic E-state index is -0.154. The SMILES string of the molecule is COc1coc(CN2CCC(N(C)c3ccnc(N4CCOCC4)n3)C2)cc1=O. The van der Waals surface area contributed by atoms with Crippen LogP contribution in [-0.2, 0) is 11.3 Å². The Morgan fingerprint density at radius 2 is 2.14 bits per heavy atom. The second-order valence-corrected chi connectivity index (χ2v) is 7.38. The number of nitrogens with zero attached hydrogens (tertiary/aromatic N) is 5.